The van der Waals surface area contributed by atoms with Crippen LogP contribution in [0.3, 0.4) is 0 Å². The standard InChI is InChI=1S/C17H24O2/c1-12-9-13(2)17(14(3)10-12)19-11-16(18)15-7-5-4-6-8-15/h9-10,15H,4-8,11H2,1-3H3. The van der Waals surface area contributed by atoms with Gasteiger partial charge in [-0.1, -0.05) is 37.0 Å². The second-order valence-corrected chi connectivity index (χ2v) is 5.82. The van der Waals surface area contributed by atoms with Gasteiger partial charge in [0.25, 0.3) is 0 Å². The topological polar surface area (TPSA) is 26.3 Å². The molecule has 0 heterocycles. The molecule has 1 saturated carbocycles. The van der Waals surface area contributed by atoms with Gasteiger partial charge in [0.05, 0.1) is 0 Å². The molecule has 0 atom stereocenters. The van der Waals surface area contributed by atoms with Gasteiger partial charge in [0.2, 0.25) is 0 Å². The van der Waals surface area contributed by atoms with Gasteiger partial charge in [0.15, 0.2) is 5.78 Å². The van der Waals surface area contributed by atoms with E-state index < -0.39 is 0 Å². The molecule has 0 amide bonds. The van der Waals surface area contributed by atoms with Crippen molar-refractivity contribution in [1.29, 1.82) is 0 Å². The van der Waals surface area contributed by atoms with Crippen molar-refractivity contribution in [3.8, 4) is 5.75 Å². The normalized spacial score (nSPS) is 16.4. The Labute approximate surface area is 116 Å². The number of ether oxygens (including phenoxy) is 1. The zero-order valence-electron chi connectivity index (χ0n) is 12.3. The highest BCUT2D eigenvalue weighted by atomic mass is 16.5. The van der Waals surface area contributed by atoms with E-state index >= 15 is 0 Å². The highest BCUT2D eigenvalue weighted by molar-refractivity contribution is 5.82. The van der Waals surface area contributed by atoms with Crippen LogP contribution in [0.15, 0.2) is 12.1 Å². The van der Waals surface area contributed by atoms with Crippen LogP contribution < -0.4 is 4.74 Å². The van der Waals surface area contributed by atoms with Crippen LogP contribution in [0.25, 0.3) is 0 Å². The minimum absolute atomic E-state index is 0.232. The maximum absolute atomic E-state index is 12.1. The minimum Gasteiger partial charge on any atom is -0.485 e. The lowest BCUT2D eigenvalue weighted by Gasteiger charge is -2.21. The lowest BCUT2D eigenvalue weighted by molar-refractivity contribution is -0.125. The second kappa shape index (κ2) is 6.23. The highest BCUT2D eigenvalue weighted by Crippen LogP contribution is 2.27. The first-order valence-electron chi connectivity index (χ1n) is 7.31. The molecule has 0 aliphatic heterocycles. The summed E-state index contributed by atoms with van der Waals surface area (Å²) in [7, 11) is 0. The predicted octanol–water partition coefficient (Wildman–Crippen LogP) is 4.14. The van der Waals surface area contributed by atoms with Gasteiger partial charge in [0.1, 0.15) is 12.4 Å². The van der Waals surface area contributed by atoms with Gasteiger partial charge >= 0.3 is 0 Å². The highest BCUT2D eigenvalue weighted by Gasteiger charge is 2.21. The Balaban J connectivity index is 1.96. The van der Waals surface area contributed by atoms with Crippen LogP contribution in [0.5, 0.6) is 5.75 Å². The van der Waals surface area contributed by atoms with Crippen LogP contribution >= 0.6 is 0 Å². The van der Waals surface area contributed by atoms with E-state index in [1.54, 1.807) is 0 Å². The molecule has 2 nitrogen and oxygen atoms in total. The van der Waals surface area contributed by atoms with Crippen molar-refractivity contribution in [1.82, 2.24) is 0 Å². The Bertz CT molecular complexity index is 433. The predicted molar refractivity (Wildman–Crippen MR) is 77.7 cm³/mol. The Morgan fingerprint density at radius 2 is 1.68 bits per heavy atom. The third kappa shape index (κ3) is 3.59. The Morgan fingerprint density at radius 3 is 2.26 bits per heavy atom. The van der Waals surface area contributed by atoms with E-state index in [-0.39, 0.29) is 18.3 Å². The third-order valence-corrected chi connectivity index (χ3v) is 4.02. The number of carbonyl (C=O) groups is 1. The van der Waals surface area contributed by atoms with E-state index in [2.05, 4.69) is 19.1 Å². The lowest BCUT2D eigenvalue weighted by atomic mass is 9.86. The molecule has 2 heteroatoms. The largest absolute Gasteiger partial charge is 0.485 e. The summed E-state index contributed by atoms with van der Waals surface area (Å²) < 4.78 is 5.79. The smallest absolute Gasteiger partial charge is 0.173 e. The van der Waals surface area contributed by atoms with Crippen LogP contribution in [-0.4, -0.2) is 12.4 Å². The molecular weight excluding hydrogens is 236 g/mol. The van der Waals surface area contributed by atoms with Crippen molar-refractivity contribution < 1.29 is 9.53 Å². The summed E-state index contributed by atoms with van der Waals surface area (Å²) >= 11 is 0. The average molecular weight is 260 g/mol. The van der Waals surface area contributed by atoms with E-state index in [0.717, 1.165) is 29.7 Å². The SMILES string of the molecule is Cc1cc(C)c(OCC(=O)C2CCCCC2)c(C)c1. The van der Waals surface area contributed by atoms with Crippen molar-refractivity contribution in [2.24, 2.45) is 5.92 Å². The Hall–Kier alpha value is -1.31. The zero-order valence-corrected chi connectivity index (χ0v) is 12.3. The molecule has 1 aliphatic rings. The molecule has 2 rings (SSSR count). The van der Waals surface area contributed by atoms with Crippen LogP contribution in [0.2, 0.25) is 0 Å². The first-order valence-corrected chi connectivity index (χ1v) is 7.31. The summed E-state index contributed by atoms with van der Waals surface area (Å²) in [6, 6.07) is 4.21. The number of carbonyl (C=O) groups excluding carboxylic acids is 1. The number of Topliss-reactive ketones (excluding diaryl/α,β-unsaturated/α-hetero) is 1. The molecule has 19 heavy (non-hydrogen) atoms. The number of ketones is 1. The maximum Gasteiger partial charge on any atom is 0.173 e. The summed E-state index contributed by atoms with van der Waals surface area (Å²) in [5.41, 5.74) is 3.48. The maximum atomic E-state index is 12.1. The molecule has 104 valence electrons. The first-order chi connectivity index (χ1) is 9.08. The van der Waals surface area contributed by atoms with Gasteiger partial charge in [-0.05, 0) is 44.7 Å². The fourth-order valence-corrected chi connectivity index (χ4v) is 3.08. The first kappa shape index (κ1) is 14.1. The summed E-state index contributed by atoms with van der Waals surface area (Å²) in [5, 5.41) is 0. The van der Waals surface area contributed by atoms with Gasteiger partial charge in [-0.15, -0.1) is 0 Å². The third-order valence-electron chi connectivity index (χ3n) is 4.02. The average Bonchev–Trinajstić information content (AvgIpc) is 2.38. The number of benzene rings is 1. The van der Waals surface area contributed by atoms with Crippen molar-refractivity contribution in [2.75, 3.05) is 6.61 Å². The van der Waals surface area contributed by atoms with Crippen LogP contribution in [0.1, 0.15) is 48.8 Å². The van der Waals surface area contributed by atoms with Crippen LogP contribution in [0.4, 0.5) is 0 Å². The molecule has 1 fully saturated rings. The fraction of sp³-hybridized carbons (Fsp3) is 0.588. The molecule has 0 spiro atoms. The van der Waals surface area contributed by atoms with Crippen molar-refractivity contribution >= 4 is 5.78 Å². The van der Waals surface area contributed by atoms with E-state index in [4.69, 9.17) is 4.74 Å². The second-order valence-electron chi connectivity index (χ2n) is 5.82. The molecule has 0 saturated heterocycles. The van der Waals surface area contributed by atoms with Gasteiger partial charge in [-0.25, -0.2) is 0 Å². The monoisotopic (exact) mass is 260 g/mol. The summed E-state index contributed by atoms with van der Waals surface area (Å²) in [6.07, 6.45) is 5.76. The fourth-order valence-electron chi connectivity index (χ4n) is 3.08. The van der Waals surface area contributed by atoms with Gasteiger partial charge in [0, 0.05) is 5.92 Å². The molecule has 0 radical (unpaired) electrons. The van der Waals surface area contributed by atoms with Gasteiger partial charge in [-0.3, -0.25) is 4.79 Å². The van der Waals surface area contributed by atoms with Crippen LogP contribution in [-0.2, 0) is 4.79 Å². The molecule has 0 N–H and O–H groups in total. The van der Waals surface area contributed by atoms with E-state index in [9.17, 15) is 4.79 Å². The molecule has 1 aliphatic carbocycles. The molecule has 1 aromatic carbocycles. The van der Waals surface area contributed by atoms with Crippen molar-refractivity contribution in [2.45, 2.75) is 52.9 Å². The Kier molecular flexibility index (Phi) is 4.62. The molecule has 1 aromatic rings. The van der Waals surface area contributed by atoms with Gasteiger partial charge in [-0.2, -0.15) is 0 Å². The van der Waals surface area contributed by atoms with Crippen molar-refractivity contribution in [3.05, 3.63) is 28.8 Å². The van der Waals surface area contributed by atoms with Crippen molar-refractivity contribution in [3.63, 3.8) is 0 Å². The van der Waals surface area contributed by atoms with E-state index in [1.807, 2.05) is 13.8 Å². The number of hydrogen-bond donors (Lipinski definition) is 0. The molecule has 0 bridgehead atoms. The van der Waals surface area contributed by atoms with E-state index in [1.165, 1.54) is 24.8 Å². The van der Waals surface area contributed by atoms with Gasteiger partial charge < -0.3 is 4.74 Å². The summed E-state index contributed by atoms with van der Waals surface area (Å²) in [5.74, 6) is 1.40. The summed E-state index contributed by atoms with van der Waals surface area (Å²) in [6.45, 7) is 6.40. The van der Waals surface area contributed by atoms with E-state index in [0.29, 0.717) is 0 Å². The quantitative estimate of drug-likeness (QED) is 0.813. The molecule has 0 unspecified atom stereocenters. The number of aryl methyl sites for hydroxylation is 3. The lowest BCUT2D eigenvalue weighted by Crippen LogP contribution is -2.24. The molecule has 0 aromatic heterocycles. The number of hydrogen-bond acceptors (Lipinski definition) is 2. The number of rotatable bonds is 4. The minimum atomic E-state index is 0.232. The van der Waals surface area contributed by atoms with Crippen LogP contribution in [0, 0.1) is 26.7 Å². The summed E-state index contributed by atoms with van der Waals surface area (Å²) in [4.78, 5) is 12.1. The zero-order chi connectivity index (χ0) is 13.8. The molecular formula is C17H24O2. The Morgan fingerprint density at radius 1 is 1.11 bits per heavy atom.